The standard InChI is InChI=1S/C22H27ClN4O4/c1-30-22(6-9-31-10-7-22)20(29)27-13-17-18(14-27)25-21(23)26-19(17)24-12-16-4-2-3-15(11-16)5-8-28/h2-4,11,28H,5-10,12-14H2,1H3,(H,24,25,26). The number of benzene rings is 1. The number of fused-ring (bicyclic) bond motifs is 1. The molecule has 2 N–H and O–H groups in total. The molecule has 0 radical (unpaired) electrons. The molecule has 2 aliphatic rings. The smallest absolute Gasteiger partial charge is 0.255 e. The highest BCUT2D eigenvalue weighted by Gasteiger charge is 2.44. The molecule has 31 heavy (non-hydrogen) atoms. The van der Waals surface area contributed by atoms with Crippen molar-refractivity contribution in [2.45, 2.75) is 44.5 Å². The number of aromatic nitrogens is 2. The largest absolute Gasteiger partial charge is 0.396 e. The van der Waals surface area contributed by atoms with Gasteiger partial charge in [0.1, 0.15) is 5.82 Å². The van der Waals surface area contributed by atoms with Gasteiger partial charge in [0.15, 0.2) is 5.60 Å². The van der Waals surface area contributed by atoms with Crippen LogP contribution in [0.25, 0.3) is 0 Å². The number of nitrogens with zero attached hydrogens (tertiary/aromatic N) is 3. The Morgan fingerprint density at radius 3 is 2.81 bits per heavy atom. The number of carbonyl (C=O) groups is 1. The Bertz CT molecular complexity index is 949. The third-order valence-corrected chi connectivity index (χ3v) is 6.14. The first kappa shape index (κ1) is 22.0. The second-order valence-electron chi connectivity index (χ2n) is 7.89. The molecule has 2 aromatic rings. The number of ether oxygens (including phenoxy) is 2. The summed E-state index contributed by atoms with van der Waals surface area (Å²) in [5.74, 6) is 0.589. The minimum absolute atomic E-state index is 0.0462. The van der Waals surface area contributed by atoms with Crippen LogP contribution in [0.5, 0.6) is 0 Å². The van der Waals surface area contributed by atoms with Crippen LogP contribution in [0.15, 0.2) is 24.3 Å². The average Bonchev–Trinajstić information content (AvgIpc) is 3.22. The van der Waals surface area contributed by atoms with Gasteiger partial charge in [-0.1, -0.05) is 24.3 Å². The van der Waals surface area contributed by atoms with Gasteiger partial charge in [0, 0.05) is 51.9 Å². The number of nitrogens with one attached hydrogen (secondary N) is 1. The van der Waals surface area contributed by atoms with Crippen LogP contribution in [-0.2, 0) is 40.3 Å². The average molecular weight is 447 g/mol. The van der Waals surface area contributed by atoms with E-state index in [1.165, 1.54) is 0 Å². The summed E-state index contributed by atoms with van der Waals surface area (Å²) in [6.07, 6.45) is 1.69. The van der Waals surface area contributed by atoms with E-state index < -0.39 is 5.60 Å². The molecule has 1 aromatic carbocycles. The molecule has 1 fully saturated rings. The second kappa shape index (κ2) is 9.48. The molecule has 2 aliphatic heterocycles. The van der Waals surface area contributed by atoms with Gasteiger partial charge in [-0.15, -0.1) is 0 Å². The number of halogens is 1. The van der Waals surface area contributed by atoms with E-state index in [4.69, 9.17) is 26.2 Å². The molecule has 0 unspecified atom stereocenters. The number of carbonyl (C=O) groups excluding carboxylic acids is 1. The van der Waals surface area contributed by atoms with E-state index in [-0.39, 0.29) is 17.8 Å². The van der Waals surface area contributed by atoms with Gasteiger partial charge in [-0.05, 0) is 29.1 Å². The quantitative estimate of drug-likeness (QED) is 0.630. The van der Waals surface area contributed by atoms with Crippen molar-refractivity contribution in [1.82, 2.24) is 14.9 Å². The molecule has 3 heterocycles. The summed E-state index contributed by atoms with van der Waals surface area (Å²) in [7, 11) is 1.58. The van der Waals surface area contributed by atoms with Crippen LogP contribution in [0.1, 0.15) is 35.2 Å². The summed E-state index contributed by atoms with van der Waals surface area (Å²) in [6.45, 7) is 2.47. The summed E-state index contributed by atoms with van der Waals surface area (Å²) < 4.78 is 11.1. The van der Waals surface area contributed by atoms with E-state index >= 15 is 0 Å². The number of methoxy groups -OCH3 is 1. The summed E-state index contributed by atoms with van der Waals surface area (Å²) in [5, 5.41) is 12.7. The number of rotatable bonds is 7. The van der Waals surface area contributed by atoms with E-state index in [1.54, 1.807) is 12.0 Å². The van der Waals surface area contributed by atoms with Crippen LogP contribution in [0, 0.1) is 0 Å². The molecule has 9 heteroatoms. The van der Waals surface area contributed by atoms with E-state index in [1.807, 2.05) is 18.2 Å². The first-order valence-corrected chi connectivity index (χ1v) is 10.8. The molecular formula is C22H27ClN4O4. The maximum Gasteiger partial charge on any atom is 0.255 e. The Balaban J connectivity index is 1.50. The van der Waals surface area contributed by atoms with E-state index in [0.717, 1.165) is 22.4 Å². The highest BCUT2D eigenvalue weighted by molar-refractivity contribution is 6.28. The van der Waals surface area contributed by atoms with Gasteiger partial charge in [-0.25, -0.2) is 9.97 Å². The highest BCUT2D eigenvalue weighted by atomic mass is 35.5. The molecule has 1 saturated heterocycles. The second-order valence-corrected chi connectivity index (χ2v) is 8.22. The normalized spacial score (nSPS) is 17.5. The van der Waals surface area contributed by atoms with Crippen molar-refractivity contribution in [2.24, 2.45) is 0 Å². The van der Waals surface area contributed by atoms with Crippen molar-refractivity contribution in [1.29, 1.82) is 0 Å². The fourth-order valence-electron chi connectivity index (χ4n) is 4.22. The number of anilines is 1. The van der Waals surface area contributed by atoms with Crippen molar-refractivity contribution >= 4 is 23.3 Å². The summed E-state index contributed by atoms with van der Waals surface area (Å²) in [5.41, 5.74) is 2.93. The zero-order valence-electron chi connectivity index (χ0n) is 17.6. The molecule has 0 aliphatic carbocycles. The molecular weight excluding hydrogens is 420 g/mol. The van der Waals surface area contributed by atoms with Crippen LogP contribution in [-0.4, -0.2) is 58.4 Å². The number of hydrogen-bond donors (Lipinski definition) is 2. The molecule has 1 aromatic heterocycles. The molecule has 166 valence electrons. The predicted molar refractivity (Wildman–Crippen MR) is 116 cm³/mol. The van der Waals surface area contributed by atoms with Gasteiger partial charge in [0.25, 0.3) is 5.91 Å². The molecule has 0 bridgehead atoms. The summed E-state index contributed by atoms with van der Waals surface area (Å²) in [6, 6.07) is 8.03. The lowest BCUT2D eigenvalue weighted by Crippen LogP contribution is -2.51. The van der Waals surface area contributed by atoms with Crippen LogP contribution >= 0.6 is 11.6 Å². The third kappa shape index (κ3) is 4.67. The van der Waals surface area contributed by atoms with Crippen molar-refractivity contribution in [3.8, 4) is 0 Å². The number of amides is 1. The van der Waals surface area contributed by atoms with Crippen LogP contribution < -0.4 is 5.32 Å². The first-order chi connectivity index (χ1) is 15.0. The number of aliphatic hydroxyl groups is 1. The molecule has 1 amide bonds. The SMILES string of the molecule is COC1(C(=O)N2Cc3nc(Cl)nc(NCc4cccc(CCO)c4)c3C2)CCOCC1. The van der Waals surface area contributed by atoms with Crippen molar-refractivity contribution in [3.05, 3.63) is 51.9 Å². The molecule has 8 nitrogen and oxygen atoms in total. The maximum absolute atomic E-state index is 13.3. The van der Waals surface area contributed by atoms with Gasteiger partial charge < -0.3 is 24.8 Å². The Kier molecular flexibility index (Phi) is 6.71. The number of hydrogen-bond acceptors (Lipinski definition) is 7. The minimum Gasteiger partial charge on any atom is -0.396 e. The van der Waals surface area contributed by atoms with Gasteiger partial charge in [-0.3, -0.25) is 4.79 Å². The Labute approximate surface area is 186 Å². The maximum atomic E-state index is 13.3. The minimum atomic E-state index is -0.849. The lowest BCUT2D eigenvalue weighted by molar-refractivity contribution is -0.167. The summed E-state index contributed by atoms with van der Waals surface area (Å²) in [4.78, 5) is 23.8. The fraction of sp³-hybridized carbons (Fsp3) is 0.500. The van der Waals surface area contributed by atoms with Crippen LogP contribution in [0.3, 0.4) is 0 Å². The topological polar surface area (TPSA) is 96.8 Å². The summed E-state index contributed by atoms with van der Waals surface area (Å²) >= 11 is 6.17. The lowest BCUT2D eigenvalue weighted by Gasteiger charge is -2.37. The molecule has 0 saturated carbocycles. The Hall–Kier alpha value is -2.26. The molecule has 0 spiro atoms. The molecule has 0 atom stereocenters. The van der Waals surface area contributed by atoms with E-state index in [9.17, 15) is 4.79 Å². The predicted octanol–water partition coefficient (Wildman–Crippen LogP) is 2.31. The Morgan fingerprint density at radius 2 is 2.06 bits per heavy atom. The van der Waals surface area contributed by atoms with Crippen LogP contribution in [0.2, 0.25) is 5.28 Å². The van der Waals surface area contributed by atoms with Crippen molar-refractivity contribution in [2.75, 3.05) is 32.2 Å². The van der Waals surface area contributed by atoms with Crippen LogP contribution in [0.4, 0.5) is 5.82 Å². The van der Waals surface area contributed by atoms with Gasteiger partial charge >= 0.3 is 0 Å². The van der Waals surface area contributed by atoms with Gasteiger partial charge in [-0.2, -0.15) is 0 Å². The Morgan fingerprint density at radius 1 is 1.29 bits per heavy atom. The fourth-order valence-corrected chi connectivity index (χ4v) is 4.41. The van der Waals surface area contributed by atoms with Gasteiger partial charge in [0.05, 0.1) is 18.8 Å². The van der Waals surface area contributed by atoms with Crippen molar-refractivity contribution in [3.63, 3.8) is 0 Å². The lowest BCUT2D eigenvalue weighted by atomic mass is 9.92. The zero-order valence-corrected chi connectivity index (χ0v) is 18.3. The monoisotopic (exact) mass is 446 g/mol. The van der Waals surface area contributed by atoms with E-state index in [2.05, 4.69) is 21.4 Å². The van der Waals surface area contributed by atoms with Crippen molar-refractivity contribution < 1.29 is 19.4 Å². The third-order valence-electron chi connectivity index (χ3n) is 5.98. The first-order valence-electron chi connectivity index (χ1n) is 10.4. The number of aliphatic hydroxyl groups excluding tert-OH is 1. The molecule has 4 rings (SSSR count). The highest BCUT2D eigenvalue weighted by Crippen LogP contribution is 2.33. The van der Waals surface area contributed by atoms with E-state index in [0.29, 0.717) is 57.9 Å². The zero-order chi connectivity index (χ0) is 21.8. The van der Waals surface area contributed by atoms with Gasteiger partial charge in [0.2, 0.25) is 5.28 Å².